The summed E-state index contributed by atoms with van der Waals surface area (Å²) in [6, 6.07) is 28.4. The highest BCUT2D eigenvalue weighted by atomic mass is 15.1. The number of para-hydroxylation sites is 1. The van der Waals surface area contributed by atoms with Crippen LogP contribution >= 0.6 is 0 Å². The summed E-state index contributed by atoms with van der Waals surface area (Å²) >= 11 is 0. The van der Waals surface area contributed by atoms with E-state index in [4.69, 9.17) is 0 Å². The smallest absolute Gasteiger partial charge is 0.234 e. The quantitative estimate of drug-likeness (QED) is 0.291. The summed E-state index contributed by atoms with van der Waals surface area (Å²) in [6.07, 6.45) is 3.62. The van der Waals surface area contributed by atoms with E-state index in [1.54, 1.807) is 0 Å². The second kappa shape index (κ2) is 6.04. The van der Waals surface area contributed by atoms with Crippen LogP contribution in [0.5, 0.6) is 0 Å². The number of benzene rings is 4. The van der Waals surface area contributed by atoms with Crippen LogP contribution in [0.2, 0.25) is 0 Å². The molecule has 2 aromatic heterocycles. The van der Waals surface area contributed by atoms with Crippen molar-refractivity contribution < 1.29 is 0 Å². The van der Waals surface area contributed by atoms with Crippen molar-refractivity contribution in [2.24, 2.45) is 0 Å². The van der Waals surface area contributed by atoms with E-state index in [2.05, 4.69) is 101 Å². The lowest BCUT2D eigenvalue weighted by atomic mass is 9.82. The number of aromatic nitrogens is 3. The Balaban J connectivity index is 1.70. The number of rotatable bonds is 1. The first-order valence-electron chi connectivity index (χ1n) is 11.0. The molecule has 6 aromatic rings. The van der Waals surface area contributed by atoms with Crippen LogP contribution in [-0.2, 0) is 5.41 Å². The Kier molecular flexibility index (Phi) is 3.34. The molecule has 0 spiro atoms. The van der Waals surface area contributed by atoms with Gasteiger partial charge in [0.05, 0.1) is 11.0 Å². The highest BCUT2D eigenvalue weighted by molar-refractivity contribution is 6.21. The molecule has 2 heterocycles. The zero-order valence-electron chi connectivity index (χ0n) is 18.0. The van der Waals surface area contributed by atoms with Gasteiger partial charge < -0.3 is 0 Å². The first-order chi connectivity index (χ1) is 15.7. The molecule has 0 aliphatic heterocycles. The third kappa shape index (κ3) is 2.10. The molecule has 7 rings (SSSR count). The van der Waals surface area contributed by atoms with Crippen LogP contribution in [0.15, 0.2) is 91.3 Å². The van der Waals surface area contributed by atoms with Crippen molar-refractivity contribution in [1.29, 1.82) is 0 Å². The first-order valence-corrected chi connectivity index (χ1v) is 11.0. The summed E-state index contributed by atoms with van der Waals surface area (Å²) in [4.78, 5) is 9.22. The standard InChI is InChI=1S/C29H21N3/c1-29(2)23-10-5-3-9-22(23)26-19-12-13-20-18-8-4-6-11-25(18)32(28-30-16-7-17-31-28)27(20)21(19)14-15-24(26)29/h3-17H,1-2H3. The molecule has 0 fully saturated rings. The lowest BCUT2D eigenvalue weighted by Gasteiger charge is -2.21. The van der Waals surface area contributed by atoms with Gasteiger partial charge in [-0.25, -0.2) is 9.97 Å². The lowest BCUT2D eigenvalue weighted by molar-refractivity contribution is 0.661. The molecule has 1 aliphatic carbocycles. The molecule has 0 saturated heterocycles. The van der Waals surface area contributed by atoms with Crippen molar-refractivity contribution in [3.8, 4) is 17.1 Å². The Hall–Kier alpha value is -3.98. The Morgan fingerprint density at radius 2 is 1.31 bits per heavy atom. The summed E-state index contributed by atoms with van der Waals surface area (Å²) in [6.45, 7) is 4.66. The van der Waals surface area contributed by atoms with Crippen LogP contribution in [0, 0.1) is 0 Å². The van der Waals surface area contributed by atoms with E-state index in [0.717, 1.165) is 5.52 Å². The average molecular weight is 412 g/mol. The molecular weight excluding hydrogens is 390 g/mol. The zero-order valence-corrected chi connectivity index (χ0v) is 18.0. The van der Waals surface area contributed by atoms with Crippen molar-refractivity contribution in [2.45, 2.75) is 19.3 Å². The maximum absolute atomic E-state index is 4.61. The Bertz CT molecular complexity index is 1690. The van der Waals surface area contributed by atoms with Crippen molar-refractivity contribution in [3.05, 3.63) is 102 Å². The molecule has 3 nitrogen and oxygen atoms in total. The number of hydrogen-bond donors (Lipinski definition) is 0. The zero-order chi connectivity index (χ0) is 21.4. The number of nitrogens with zero attached hydrogens (tertiary/aromatic N) is 3. The Morgan fingerprint density at radius 3 is 2.19 bits per heavy atom. The van der Waals surface area contributed by atoms with Gasteiger partial charge >= 0.3 is 0 Å². The van der Waals surface area contributed by atoms with Gasteiger partial charge in [0.15, 0.2) is 0 Å². The Labute approximate surface area is 186 Å². The number of fused-ring (bicyclic) bond motifs is 9. The SMILES string of the molecule is CC1(C)c2ccccc2-c2c1ccc1c2ccc2c3ccccc3n(-c3ncccn3)c12. The van der Waals surface area contributed by atoms with Crippen LogP contribution in [0.4, 0.5) is 0 Å². The molecule has 0 N–H and O–H groups in total. The average Bonchev–Trinajstić information content (AvgIpc) is 3.30. The van der Waals surface area contributed by atoms with Crippen LogP contribution < -0.4 is 0 Å². The van der Waals surface area contributed by atoms with Crippen molar-refractivity contribution in [3.63, 3.8) is 0 Å². The van der Waals surface area contributed by atoms with Crippen molar-refractivity contribution >= 4 is 32.6 Å². The van der Waals surface area contributed by atoms with Gasteiger partial charge in [0.25, 0.3) is 0 Å². The predicted molar refractivity (Wildman–Crippen MR) is 131 cm³/mol. The van der Waals surface area contributed by atoms with E-state index in [0.29, 0.717) is 5.95 Å². The van der Waals surface area contributed by atoms with Crippen LogP contribution in [0.1, 0.15) is 25.0 Å². The second-order valence-electron chi connectivity index (χ2n) is 9.12. The molecule has 32 heavy (non-hydrogen) atoms. The van der Waals surface area contributed by atoms with Crippen molar-refractivity contribution in [2.75, 3.05) is 0 Å². The largest absolute Gasteiger partial charge is 0.277 e. The fraction of sp³-hybridized carbons (Fsp3) is 0.103. The van der Waals surface area contributed by atoms with Crippen molar-refractivity contribution in [1.82, 2.24) is 14.5 Å². The monoisotopic (exact) mass is 411 g/mol. The summed E-state index contributed by atoms with van der Waals surface area (Å²) in [5, 5.41) is 4.97. The molecule has 3 heteroatoms. The third-order valence-electron chi connectivity index (χ3n) is 7.13. The molecule has 0 atom stereocenters. The van der Waals surface area contributed by atoms with Gasteiger partial charge in [0.1, 0.15) is 0 Å². The van der Waals surface area contributed by atoms with Gasteiger partial charge in [-0.2, -0.15) is 0 Å². The fourth-order valence-electron chi connectivity index (χ4n) is 5.68. The topological polar surface area (TPSA) is 30.7 Å². The van der Waals surface area contributed by atoms with Crippen LogP contribution in [0.25, 0.3) is 49.7 Å². The molecule has 0 unspecified atom stereocenters. The molecule has 0 saturated carbocycles. The highest BCUT2D eigenvalue weighted by Crippen LogP contribution is 2.52. The molecule has 0 amide bonds. The van der Waals surface area contributed by atoms with E-state index in [1.165, 1.54) is 49.3 Å². The maximum atomic E-state index is 4.61. The van der Waals surface area contributed by atoms with E-state index in [9.17, 15) is 0 Å². The Morgan fingerprint density at radius 1 is 0.625 bits per heavy atom. The molecule has 0 bridgehead atoms. The van der Waals surface area contributed by atoms with E-state index in [1.807, 2.05) is 18.5 Å². The van der Waals surface area contributed by atoms with Crippen LogP contribution in [-0.4, -0.2) is 14.5 Å². The first kappa shape index (κ1) is 17.7. The maximum Gasteiger partial charge on any atom is 0.234 e. The van der Waals surface area contributed by atoms with E-state index in [-0.39, 0.29) is 5.41 Å². The van der Waals surface area contributed by atoms with Gasteiger partial charge in [-0.05, 0) is 39.8 Å². The highest BCUT2D eigenvalue weighted by Gasteiger charge is 2.36. The summed E-state index contributed by atoms with van der Waals surface area (Å²) in [7, 11) is 0. The molecular formula is C29H21N3. The summed E-state index contributed by atoms with van der Waals surface area (Å²) in [5.74, 6) is 0.701. The van der Waals surface area contributed by atoms with E-state index >= 15 is 0 Å². The minimum Gasteiger partial charge on any atom is -0.277 e. The molecule has 4 aromatic carbocycles. The van der Waals surface area contributed by atoms with Gasteiger partial charge in [-0.1, -0.05) is 80.6 Å². The van der Waals surface area contributed by atoms with Gasteiger partial charge in [0.2, 0.25) is 5.95 Å². The third-order valence-corrected chi connectivity index (χ3v) is 7.13. The minimum absolute atomic E-state index is 0.00960. The van der Waals surface area contributed by atoms with Gasteiger partial charge in [0, 0.05) is 34.0 Å². The van der Waals surface area contributed by atoms with Gasteiger partial charge in [-0.3, -0.25) is 4.57 Å². The molecule has 1 aliphatic rings. The van der Waals surface area contributed by atoms with E-state index < -0.39 is 0 Å². The second-order valence-corrected chi connectivity index (χ2v) is 9.12. The normalized spacial score (nSPS) is 14.2. The summed E-state index contributed by atoms with van der Waals surface area (Å²) in [5.41, 5.74) is 7.78. The fourth-order valence-corrected chi connectivity index (χ4v) is 5.68. The van der Waals surface area contributed by atoms with Gasteiger partial charge in [-0.15, -0.1) is 0 Å². The lowest BCUT2D eigenvalue weighted by Crippen LogP contribution is -2.14. The number of hydrogen-bond acceptors (Lipinski definition) is 2. The molecule has 0 radical (unpaired) electrons. The summed E-state index contributed by atoms with van der Waals surface area (Å²) < 4.78 is 2.21. The minimum atomic E-state index is -0.00960. The van der Waals surface area contributed by atoms with Crippen LogP contribution in [0.3, 0.4) is 0 Å². The predicted octanol–water partition coefficient (Wildman–Crippen LogP) is 7.03. The molecule has 152 valence electrons.